The first kappa shape index (κ1) is 50.9. The Morgan fingerprint density at radius 1 is 0.469 bits per heavy atom. The lowest BCUT2D eigenvalue weighted by atomic mass is 9.96. The van der Waals surface area contributed by atoms with Crippen molar-refractivity contribution in [3.05, 3.63) is 118 Å². The number of aliphatic hydroxyl groups is 3. The molecule has 0 spiro atoms. The van der Waals surface area contributed by atoms with Gasteiger partial charge in [0.25, 0.3) is 0 Å². The second kappa shape index (κ2) is 26.1. The van der Waals surface area contributed by atoms with Gasteiger partial charge in [0, 0.05) is 22.7 Å². The molecule has 0 aliphatic rings. The van der Waals surface area contributed by atoms with Crippen LogP contribution in [-0.2, 0) is 47.7 Å². The van der Waals surface area contributed by atoms with Crippen LogP contribution in [0.1, 0.15) is 74.9 Å². The first-order valence-electron chi connectivity index (χ1n) is 21.4. The molecule has 0 bridgehead atoms. The molecule has 0 fully saturated rings. The van der Waals surface area contributed by atoms with Crippen LogP contribution in [0.4, 0.5) is 37.1 Å². The Morgan fingerprint density at radius 3 is 1.23 bits per heavy atom. The predicted molar refractivity (Wildman–Crippen MR) is 245 cm³/mol. The van der Waals surface area contributed by atoms with Crippen molar-refractivity contribution in [3.63, 3.8) is 0 Å². The molecule has 0 saturated carbocycles. The molecule has 0 saturated heterocycles. The van der Waals surface area contributed by atoms with E-state index in [1.54, 1.807) is 53.7 Å². The van der Waals surface area contributed by atoms with Crippen molar-refractivity contribution in [2.45, 2.75) is 97.4 Å². The number of nitrogens with two attached hydrogens (primary N) is 1. The Morgan fingerprint density at radius 2 is 0.812 bits per heavy atom. The van der Waals surface area contributed by atoms with Crippen LogP contribution in [0.3, 0.4) is 0 Å². The molecule has 4 rings (SSSR count). The maximum Gasteiger partial charge on any atom is 0.411 e. The highest BCUT2D eigenvalue weighted by molar-refractivity contribution is 5.87. The molecule has 348 valence electrons. The molecule has 0 radical (unpaired) electrons. The summed E-state index contributed by atoms with van der Waals surface area (Å²) in [5.41, 5.74) is 13.4. The lowest BCUT2D eigenvalue weighted by Crippen LogP contribution is -2.26. The molecule has 0 heterocycles. The van der Waals surface area contributed by atoms with E-state index >= 15 is 0 Å². The molecule has 3 amide bonds. The van der Waals surface area contributed by atoms with Crippen LogP contribution in [0.5, 0.6) is 0 Å². The highest BCUT2D eigenvalue weighted by Gasteiger charge is 2.18. The van der Waals surface area contributed by atoms with E-state index in [1.807, 2.05) is 72.8 Å². The van der Waals surface area contributed by atoms with Gasteiger partial charge in [-0.25, -0.2) is 14.4 Å². The number of hydrogen-bond donors (Lipinski definition) is 7. The molecule has 6 atom stereocenters. The third-order valence-corrected chi connectivity index (χ3v) is 9.26. The molecule has 16 heteroatoms. The second-order valence-corrected chi connectivity index (χ2v) is 16.1. The fraction of sp³-hybridized carbons (Fsp3) is 0.438. The first-order chi connectivity index (χ1) is 30.5. The summed E-state index contributed by atoms with van der Waals surface area (Å²) in [6, 6.07) is 26.3. The van der Waals surface area contributed by atoms with Gasteiger partial charge < -0.3 is 49.5 Å². The minimum Gasteiger partial charge on any atom is -0.444 e. The first-order valence-corrected chi connectivity index (χ1v) is 21.4. The molecule has 6 unspecified atom stereocenters. The normalized spacial score (nSPS) is 14.0. The SMILES string of the molecule is CC(O)COCC(C)OC(=O)Nc1ccc(Cc2ccc(Cc3ccc(Cc4ccc(N)cc4)c(NC(=O)OC(C)COCC(C)O)c3)c(NC(=O)OC(C)COCC(C)O)c2)cc1. The van der Waals surface area contributed by atoms with E-state index in [0.717, 1.165) is 33.4 Å². The van der Waals surface area contributed by atoms with E-state index in [4.69, 9.17) is 34.2 Å². The molecular weight excluding hydrogens is 825 g/mol. The van der Waals surface area contributed by atoms with Gasteiger partial charge in [0.05, 0.1) is 58.0 Å². The van der Waals surface area contributed by atoms with Crippen molar-refractivity contribution in [2.24, 2.45) is 0 Å². The van der Waals surface area contributed by atoms with E-state index in [0.29, 0.717) is 42.0 Å². The number of carbonyl (C=O) groups is 3. The quantitative estimate of drug-likeness (QED) is 0.0277. The summed E-state index contributed by atoms with van der Waals surface area (Å²) in [7, 11) is 0. The summed E-state index contributed by atoms with van der Waals surface area (Å²) >= 11 is 0. The smallest absolute Gasteiger partial charge is 0.411 e. The lowest BCUT2D eigenvalue weighted by molar-refractivity contribution is -0.00108. The van der Waals surface area contributed by atoms with E-state index in [9.17, 15) is 29.7 Å². The van der Waals surface area contributed by atoms with Crippen molar-refractivity contribution < 1.29 is 58.1 Å². The van der Waals surface area contributed by atoms with Crippen LogP contribution in [-0.4, -0.2) is 110 Å². The summed E-state index contributed by atoms with van der Waals surface area (Å²) in [5.74, 6) is 0. The fourth-order valence-electron chi connectivity index (χ4n) is 6.32. The lowest BCUT2D eigenvalue weighted by Gasteiger charge is -2.19. The summed E-state index contributed by atoms with van der Waals surface area (Å²) in [4.78, 5) is 38.9. The minimum atomic E-state index is -0.687. The second-order valence-electron chi connectivity index (χ2n) is 16.1. The molecule has 0 aliphatic carbocycles. The van der Waals surface area contributed by atoms with Crippen molar-refractivity contribution >= 4 is 41.0 Å². The summed E-state index contributed by atoms with van der Waals surface area (Å²) in [5, 5.41) is 37.0. The highest BCUT2D eigenvalue weighted by atomic mass is 16.6. The number of rotatable bonds is 24. The number of carbonyl (C=O) groups excluding carboxylic acids is 3. The van der Waals surface area contributed by atoms with E-state index in [2.05, 4.69) is 16.0 Å². The summed E-state index contributed by atoms with van der Waals surface area (Å²) in [6.07, 6.45) is -4.25. The number of anilines is 4. The standard InChI is InChI=1S/C48H64N4O12/c1-30(53)24-59-27-33(4)62-46(56)50-43-17-11-36(12-18-43)19-38-7-13-41(44(22-38)51-47(57)63-34(5)28-60-25-31(2)54)21-39-8-14-40(20-37-9-15-42(49)16-10-37)45(23-39)52-48(58)64-35(6)29-61-26-32(3)55/h7-18,22-23,30-35,53-55H,19-21,24-29,49H2,1-6H3,(H,50,56)(H,51,57)(H,52,58). The van der Waals surface area contributed by atoms with Crippen molar-refractivity contribution in [1.82, 2.24) is 0 Å². The zero-order chi connectivity index (χ0) is 46.6. The van der Waals surface area contributed by atoms with Crippen LogP contribution in [0.25, 0.3) is 0 Å². The molecular formula is C48H64N4O12. The fourth-order valence-corrected chi connectivity index (χ4v) is 6.32. The van der Waals surface area contributed by atoms with Crippen molar-refractivity contribution in [2.75, 3.05) is 61.3 Å². The molecule has 16 nitrogen and oxygen atoms in total. The van der Waals surface area contributed by atoms with Gasteiger partial charge in [-0.3, -0.25) is 16.0 Å². The number of nitrogens with one attached hydrogen (secondary N) is 3. The largest absolute Gasteiger partial charge is 0.444 e. The maximum absolute atomic E-state index is 13.3. The van der Waals surface area contributed by atoms with E-state index < -0.39 is 54.9 Å². The van der Waals surface area contributed by atoms with Gasteiger partial charge >= 0.3 is 18.3 Å². The number of hydrogen-bond acceptors (Lipinski definition) is 13. The Balaban J connectivity index is 1.54. The maximum atomic E-state index is 13.3. The molecule has 4 aromatic rings. The minimum absolute atomic E-state index is 0.0970. The Kier molecular flexibility index (Phi) is 20.8. The molecule has 64 heavy (non-hydrogen) atoms. The molecule has 8 N–H and O–H groups in total. The number of benzene rings is 4. The number of amides is 3. The summed E-state index contributed by atoms with van der Waals surface area (Å²) < 4.78 is 32.7. The number of aliphatic hydroxyl groups excluding tert-OH is 3. The molecule has 4 aromatic carbocycles. The Bertz CT molecular complexity index is 2060. The van der Waals surface area contributed by atoms with Gasteiger partial charge in [-0.2, -0.15) is 0 Å². The average molecular weight is 889 g/mol. The molecule has 0 aromatic heterocycles. The third-order valence-electron chi connectivity index (χ3n) is 9.26. The van der Waals surface area contributed by atoms with Gasteiger partial charge in [-0.15, -0.1) is 0 Å². The van der Waals surface area contributed by atoms with Crippen LogP contribution in [0.15, 0.2) is 84.9 Å². The summed E-state index contributed by atoms with van der Waals surface area (Å²) in [6.45, 7) is 10.6. The monoisotopic (exact) mass is 888 g/mol. The Labute approximate surface area is 375 Å². The Hall–Kier alpha value is -5.75. The predicted octanol–water partition coefficient (Wildman–Crippen LogP) is 7.04. The third kappa shape index (κ3) is 19.3. The topological polar surface area (TPSA) is 229 Å². The van der Waals surface area contributed by atoms with Crippen molar-refractivity contribution in [1.29, 1.82) is 0 Å². The van der Waals surface area contributed by atoms with Crippen LogP contribution in [0.2, 0.25) is 0 Å². The van der Waals surface area contributed by atoms with Gasteiger partial charge in [0.15, 0.2) is 0 Å². The zero-order valence-corrected chi connectivity index (χ0v) is 37.5. The van der Waals surface area contributed by atoms with E-state index in [1.165, 1.54) is 0 Å². The van der Waals surface area contributed by atoms with Gasteiger partial charge in [0.2, 0.25) is 0 Å². The van der Waals surface area contributed by atoms with Crippen LogP contribution in [0, 0.1) is 0 Å². The van der Waals surface area contributed by atoms with Crippen molar-refractivity contribution in [3.8, 4) is 0 Å². The number of nitrogen functional groups attached to an aromatic ring is 1. The van der Waals surface area contributed by atoms with Crippen LogP contribution < -0.4 is 21.7 Å². The van der Waals surface area contributed by atoms with Gasteiger partial charge in [0.1, 0.15) is 18.3 Å². The molecule has 0 aliphatic heterocycles. The van der Waals surface area contributed by atoms with E-state index in [-0.39, 0.29) is 39.6 Å². The van der Waals surface area contributed by atoms with Gasteiger partial charge in [-0.1, -0.05) is 48.5 Å². The average Bonchev–Trinajstić information content (AvgIpc) is 3.20. The zero-order valence-electron chi connectivity index (χ0n) is 37.5. The number of ether oxygens (including phenoxy) is 6. The van der Waals surface area contributed by atoms with Crippen LogP contribution >= 0.6 is 0 Å². The van der Waals surface area contributed by atoms with Gasteiger partial charge in [-0.05, 0) is 131 Å². The highest BCUT2D eigenvalue weighted by Crippen LogP contribution is 2.28.